The van der Waals surface area contributed by atoms with Gasteiger partial charge in [0.15, 0.2) is 5.82 Å². The SMILES string of the molecule is CC(C)Cc1nc(C(C)(C)N2CCNCC2)no1. The molecule has 0 bridgehead atoms. The first kappa shape index (κ1) is 13.5. The minimum atomic E-state index is -0.152. The van der Waals surface area contributed by atoms with Crippen LogP contribution in [-0.4, -0.2) is 41.2 Å². The number of nitrogens with one attached hydrogen (secondary N) is 1. The molecule has 0 spiro atoms. The molecular formula is C13H24N4O. The summed E-state index contributed by atoms with van der Waals surface area (Å²) in [6, 6.07) is 0. The minimum Gasteiger partial charge on any atom is -0.339 e. The van der Waals surface area contributed by atoms with Gasteiger partial charge in [0.1, 0.15) is 0 Å². The van der Waals surface area contributed by atoms with Gasteiger partial charge in [-0.3, -0.25) is 4.90 Å². The van der Waals surface area contributed by atoms with Crippen molar-refractivity contribution in [2.45, 2.75) is 39.7 Å². The zero-order chi connectivity index (χ0) is 13.2. The van der Waals surface area contributed by atoms with Crippen LogP contribution in [0.15, 0.2) is 4.52 Å². The quantitative estimate of drug-likeness (QED) is 0.878. The molecule has 0 saturated carbocycles. The molecule has 5 nitrogen and oxygen atoms in total. The Morgan fingerprint density at radius 2 is 2.00 bits per heavy atom. The van der Waals surface area contributed by atoms with Gasteiger partial charge in [-0.15, -0.1) is 0 Å². The maximum Gasteiger partial charge on any atom is 0.226 e. The highest BCUT2D eigenvalue weighted by molar-refractivity contribution is 5.03. The van der Waals surface area contributed by atoms with Gasteiger partial charge in [-0.25, -0.2) is 0 Å². The molecule has 1 N–H and O–H groups in total. The number of piperazine rings is 1. The van der Waals surface area contributed by atoms with Crippen LogP contribution >= 0.6 is 0 Å². The van der Waals surface area contributed by atoms with E-state index in [1.165, 1.54) is 0 Å². The summed E-state index contributed by atoms with van der Waals surface area (Å²) in [5.74, 6) is 2.10. The molecule has 1 aliphatic rings. The lowest BCUT2D eigenvalue weighted by Gasteiger charge is -2.38. The summed E-state index contributed by atoms with van der Waals surface area (Å²) in [7, 11) is 0. The monoisotopic (exact) mass is 252 g/mol. The molecule has 0 amide bonds. The maximum absolute atomic E-state index is 5.35. The lowest BCUT2D eigenvalue weighted by atomic mass is 10.0. The number of hydrogen-bond donors (Lipinski definition) is 1. The highest BCUT2D eigenvalue weighted by atomic mass is 16.5. The third kappa shape index (κ3) is 2.90. The van der Waals surface area contributed by atoms with E-state index >= 15 is 0 Å². The smallest absolute Gasteiger partial charge is 0.226 e. The standard InChI is InChI=1S/C13H24N4O/c1-10(2)9-11-15-12(16-18-11)13(3,4)17-7-5-14-6-8-17/h10,14H,5-9H2,1-4H3. The second kappa shape index (κ2) is 5.36. The Morgan fingerprint density at radius 1 is 1.33 bits per heavy atom. The molecule has 2 rings (SSSR count). The predicted molar refractivity (Wildman–Crippen MR) is 70.3 cm³/mol. The van der Waals surface area contributed by atoms with Gasteiger partial charge in [0.2, 0.25) is 5.89 Å². The molecule has 1 fully saturated rings. The summed E-state index contributed by atoms with van der Waals surface area (Å²) in [5, 5.41) is 7.53. The van der Waals surface area contributed by atoms with Crippen molar-refractivity contribution in [3.05, 3.63) is 11.7 Å². The Labute approximate surface area is 109 Å². The third-order valence-electron chi connectivity index (χ3n) is 3.51. The molecule has 102 valence electrons. The Morgan fingerprint density at radius 3 is 2.61 bits per heavy atom. The van der Waals surface area contributed by atoms with E-state index in [0.29, 0.717) is 5.92 Å². The van der Waals surface area contributed by atoms with Gasteiger partial charge in [0, 0.05) is 32.6 Å². The topological polar surface area (TPSA) is 54.2 Å². The molecule has 1 aromatic rings. The molecule has 0 atom stereocenters. The van der Waals surface area contributed by atoms with Gasteiger partial charge in [0.25, 0.3) is 0 Å². The maximum atomic E-state index is 5.35. The minimum absolute atomic E-state index is 0.152. The molecule has 1 aromatic heterocycles. The van der Waals surface area contributed by atoms with Crippen molar-refractivity contribution in [2.75, 3.05) is 26.2 Å². The van der Waals surface area contributed by atoms with E-state index in [9.17, 15) is 0 Å². The van der Waals surface area contributed by atoms with Crippen molar-refractivity contribution in [3.8, 4) is 0 Å². The van der Waals surface area contributed by atoms with Crippen LogP contribution < -0.4 is 5.32 Å². The third-order valence-corrected chi connectivity index (χ3v) is 3.51. The Hall–Kier alpha value is -0.940. The molecule has 0 radical (unpaired) electrons. The van der Waals surface area contributed by atoms with Crippen molar-refractivity contribution >= 4 is 0 Å². The van der Waals surface area contributed by atoms with E-state index in [-0.39, 0.29) is 5.54 Å². The molecule has 1 aliphatic heterocycles. The summed E-state index contributed by atoms with van der Waals surface area (Å²) in [6.07, 6.45) is 0.852. The highest BCUT2D eigenvalue weighted by Crippen LogP contribution is 2.25. The van der Waals surface area contributed by atoms with Crippen LogP contribution in [0.5, 0.6) is 0 Å². The lowest BCUT2D eigenvalue weighted by Crippen LogP contribution is -2.52. The van der Waals surface area contributed by atoms with Crippen molar-refractivity contribution in [1.82, 2.24) is 20.4 Å². The first-order chi connectivity index (χ1) is 8.50. The Bertz CT molecular complexity index is 380. The fourth-order valence-electron chi connectivity index (χ4n) is 2.30. The van der Waals surface area contributed by atoms with E-state index in [4.69, 9.17) is 4.52 Å². The molecule has 1 saturated heterocycles. The molecule has 5 heteroatoms. The van der Waals surface area contributed by atoms with Crippen molar-refractivity contribution in [3.63, 3.8) is 0 Å². The van der Waals surface area contributed by atoms with E-state index in [1.807, 2.05) is 0 Å². The van der Waals surface area contributed by atoms with Crippen LogP contribution in [-0.2, 0) is 12.0 Å². The summed E-state index contributed by atoms with van der Waals surface area (Å²) < 4.78 is 5.35. The molecule has 2 heterocycles. The number of rotatable bonds is 4. The Balaban J connectivity index is 2.10. The van der Waals surface area contributed by atoms with Crippen molar-refractivity contribution < 1.29 is 4.52 Å². The van der Waals surface area contributed by atoms with Crippen LogP contribution in [0.4, 0.5) is 0 Å². The van der Waals surface area contributed by atoms with Crippen LogP contribution in [0.25, 0.3) is 0 Å². The fourth-order valence-corrected chi connectivity index (χ4v) is 2.30. The van der Waals surface area contributed by atoms with Gasteiger partial charge in [0.05, 0.1) is 5.54 Å². The number of hydrogen-bond acceptors (Lipinski definition) is 5. The van der Waals surface area contributed by atoms with Gasteiger partial charge in [-0.2, -0.15) is 4.98 Å². The summed E-state index contributed by atoms with van der Waals surface area (Å²) in [4.78, 5) is 6.97. The van der Waals surface area contributed by atoms with Crippen LogP contribution in [0.2, 0.25) is 0 Å². The largest absolute Gasteiger partial charge is 0.339 e. The van der Waals surface area contributed by atoms with Gasteiger partial charge in [-0.05, 0) is 19.8 Å². The van der Waals surface area contributed by atoms with E-state index in [0.717, 1.165) is 44.3 Å². The second-order valence-electron chi connectivity index (χ2n) is 5.91. The van der Waals surface area contributed by atoms with Gasteiger partial charge >= 0.3 is 0 Å². The van der Waals surface area contributed by atoms with Crippen molar-refractivity contribution in [1.29, 1.82) is 0 Å². The number of aromatic nitrogens is 2. The zero-order valence-electron chi connectivity index (χ0n) is 11.9. The average molecular weight is 252 g/mol. The summed E-state index contributed by atoms with van der Waals surface area (Å²) in [6.45, 7) is 12.8. The van der Waals surface area contributed by atoms with E-state index in [1.54, 1.807) is 0 Å². The lowest BCUT2D eigenvalue weighted by molar-refractivity contribution is 0.0924. The van der Waals surface area contributed by atoms with E-state index in [2.05, 4.69) is 48.1 Å². The first-order valence-electron chi connectivity index (χ1n) is 6.79. The molecule has 18 heavy (non-hydrogen) atoms. The van der Waals surface area contributed by atoms with Gasteiger partial charge in [-0.1, -0.05) is 19.0 Å². The summed E-state index contributed by atoms with van der Waals surface area (Å²) >= 11 is 0. The zero-order valence-corrected chi connectivity index (χ0v) is 11.9. The molecule has 0 unspecified atom stereocenters. The van der Waals surface area contributed by atoms with Crippen LogP contribution in [0.1, 0.15) is 39.4 Å². The predicted octanol–water partition coefficient (Wildman–Crippen LogP) is 1.41. The first-order valence-corrected chi connectivity index (χ1v) is 6.79. The summed E-state index contributed by atoms with van der Waals surface area (Å²) in [5.41, 5.74) is -0.152. The fraction of sp³-hybridized carbons (Fsp3) is 0.846. The molecule has 0 aromatic carbocycles. The average Bonchev–Trinajstić information content (AvgIpc) is 2.78. The highest BCUT2D eigenvalue weighted by Gasteiger charge is 2.34. The van der Waals surface area contributed by atoms with Crippen LogP contribution in [0.3, 0.4) is 0 Å². The number of nitrogens with zero attached hydrogens (tertiary/aromatic N) is 3. The van der Waals surface area contributed by atoms with E-state index < -0.39 is 0 Å². The van der Waals surface area contributed by atoms with Gasteiger partial charge < -0.3 is 9.84 Å². The molecule has 0 aliphatic carbocycles. The normalized spacial score (nSPS) is 18.5. The molecular weight excluding hydrogens is 228 g/mol. The Kier molecular flexibility index (Phi) is 4.02. The van der Waals surface area contributed by atoms with Crippen molar-refractivity contribution in [2.24, 2.45) is 5.92 Å². The van der Waals surface area contributed by atoms with Crippen LogP contribution in [0, 0.1) is 5.92 Å². The second-order valence-corrected chi connectivity index (χ2v) is 5.91.